The van der Waals surface area contributed by atoms with Crippen molar-refractivity contribution in [3.05, 3.63) is 11.8 Å². The predicted molar refractivity (Wildman–Crippen MR) is 56.8 cm³/mol. The zero-order chi connectivity index (χ0) is 9.84. The first-order valence-electron chi connectivity index (χ1n) is 4.39. The van der Waals surface area contributed by atoms with E-state index in [1.54, 1.807) is 18.0 Å². The molecule has 0 aliphatic rings. The lowest BCUT2D eigenvalue weighted by Gasteiger charge is -2.09. The summed E-state index contributed by atoms with van der Waals surface area (Å²) >= 11 is 1.75. The van der Waals surface area contributed by atoms with Gasteiger partial charge in [0.1, 0.15) is 5.03 Å². The normalized spacial score (nSPS) is 12.8. The van der Waals surface area contributed by atoms with Crippen molar-refractivity contribution in [3.8, 4) is 0 Å². The first-order chi connectivity index (χ1) is 6.13. The van der Waals surface area contributed by atoms with Gasteiger partial charge in [0.05, 0.1) is 0 Å². The van der Waals surface area contributed by atoms with Gasteiger partial charge < -0.3 is 5.73 Å². The summed E-state index contributed by atoms with van der Waals surface area (Å²) in [6, 6.07) is 0. The first-order valence-corrected chi connectivity index (χ1v) is 5.27. The Morgan fingerprint density at radius 3 is 2.92 bits per heavy atom. The number of nitrogens with zero attached hydrogens (tertiary/aromatic N) is 2. The Morgan fingerprint density at radius 2 is 2.31 bits per heavy atom. The molecular formula is C9H15N3S. The van der Waals surface area contributed by atoms with Gasteiger partial charge in [0, 0.05) is 11.4 Å². The van der Waals surface area contributed by atoms with Crippen LogP contribution in [0.5, 0.6) is 0 Å². The van der Waals surface area contributed by atoms with E-state index < -0.39 is 0 Å². The van der Waals surface area contributed by atoms with E-state index in [1.807, 2.05) is 6.92 Å². The Kier molecular flexibility index (Phi) is 3.54. The minimum absolute atomic E-state index is 0.358. The van der Waals surface area contributed by atoms with Gasteiger partial charge in [-0.3, -0.25) is 0 Å². The standard InChI is InChI=1S/C9H15N3S/c1-4-7(3)13-8-6(2)5-11-9(10)12-8/h5,7H,4H2,1-3H3,(H2,10,11,12). The fourth-order valence-electron chi connectivity index (χ4n) is 0.832. The van der Waals surface area contributed by atoms with Gasteiger partial charge in [0.25, 0.3) is 0 Å². The van der Waals surface area contributed by atoms with E-state index in [1.165, 1.54) is 0 Å². The maximum Gasteiger partial charge on any atom is 0.221 e. The van der Waals surface area contributed by atoms with Crippen LogP contribution >= 0.6 is 11.8 Å². The van der Waals surface area contributed by atoms with Crippen molar-refractivity contribution < 1.29 is 0 Å². The summed E-state index contributed by atoms with van der Waals surface area (Å²) in [5, 5.41) is 1.58. The van der Waals surface area contributed by atoms with Gasteiger partial charge in [0.15, 0.2) is 0 Å². The second-order valence-electron chi connectivity index (χ2n) is 3.05. The molecule has 0 radical (unpaired) electrons. The second kappa shape index (κ2) is 4.46. The van der Waals surface area contributed by atoms with Crippen LogP contribution in [-0.4, -0.2) is 15.2 Å². The van der Waals surface area contributed by atoms with Gasteiger partial charge in [-0.25, -0.2) is 9.97 Å². The summed E-state index contributed by atoms with van der Waals surface area (Å²) < 4.78 is 0. The molecule has 0 aliphatic carbocycles. The summed E-state index contributed by atoms with van der Waals surface area (Å²) in [5.41, 5.74) is 6.61. The lowest BCUT2D eigenvalue weighted by molar-refractivity contribution is 0.896. The van der Waals surface area contributed by atoms with Crippen molar-refractivity contribution in [3.63, 3.8) is 0 Å². The highest BCUT2D eigenvalue weighted by Crippen LogP contribution is 2.25. The van der Waals surface area contributed by atoms with Crippen molar-refractivity contribution in [2.45, 2.75) is 37.5 Å². The molecule has 13 heavy (non-hydrogen) atoms. The number of rotatable bonds is 3. The molecule has 1 heterocycles. The molecule has 0 aromatic carbocycles. The van der Waals surface area contributed by atoms with Crippen LogP contribution in [0.3, 0.4) is 0 Å². The van der Waals surface area contributed by atoms with Crippen molar-refractivity contribution in [2.24, 2.45) is 0 Å². The Labute approximate surface area is 83.2 Å². The molecule has 0 spiro atoms. The average molecular weight is 197 g/mol. The lowest BCUT2D eigenvalue weighted by atomic mass is 10.4. The molecule has 0 amide bonds. The van der Waals surface area contributed by atoms with Gasteiger partial charge in [-0.2, -0.15) is 0 Å². The molecule has 1 rings (SSSR count). The third kappa shape index (κ3) is 2.88. The van der Waals surface area contributed by atoms with Gasteiger partial charge in [0.2, 0.25) is 5.95 Å². The second-order valence-corrected chi connectivity index (χ2v) is 4.48. The molecule has 0 aliphatic heterocycles. The lowest BCUT2D eigenvalue weighted by Crippen LogP contribution is -2.00. The molecule has 1 aromatic heterocycles. The predicted octanol–water partition coefficient (Wildman–Crippen LogP) is 2.26. The van der Waals surface area contributed by atoms with E-state index in [4.69, 9.17) is 5.73 Å². The molecule has 0 saturated heterocycles. The first kappa shape index (κ1) is 10.3. The minimum Gasteiger partial charge on any atom is -0.368 e. The van der Waals surface area contributed by atoms with Gasteiger partial charge in [-0.1, -0.05) is 13.8 Å². The molecule has 1 unspecified atom stereocenters. The summed E-state index contributed by atoms with van der Waals surface area (Å²) in [6.45, 7) is 6.35. The Bertz CT molecular complexity index is 288. The van der Waals surface area contributed by atoms with E-state index in [0.29, 0.717) is 11.2 Å². The number of hydrogen-bond donors (Lipinski definition) is 1. The number of anilines is 1. The van der Waals surface area contributed by atoms with Crippen molar-refractivity contribution in [2.75, 3.05) is 5.73 Å². The molecule has 1 atom stereocenters. The van der Waals surface area contributed by atoms with Crippen LogP contribution in [0.25, 0.3) is 0 Å². The Morgan fingerprint density at radius 1 is 1.62 bits per heavy atom. The van der Waals surface area contributed by atoms with Crippen LogP contribution < -0.4 is 5.73 Å². The van der Waals surface area contributed by atoms with Crippen LogP contribution in [0.1, 0.15) is 25.8 Å². The molecule has 0 saturated carbocycles. The fraction of sp³-hybridized carbons (Fsp3) is 0.556. The molecule has 4 heteroatoms. The largest absolute Gasteiger partial charge is 0.368 e. The van der Waals surface area contributed by atoms with Crippen LogP contribution in [0, 0.1) is 6.92 Å². The van der Waals surface area contributed by atoms with E-state index in [9.17, 15) is 0 Å². The SMILES string of the molecule is CCC(C)Sc1nc(N)ncc1C. The summed E-state index contributed by atoms with van der Waals surface area (Å²) in [7, 11) is 0. The van der Waals surface area contributed by atoms with E-state index in [-0.39, 0.29) is 0 Å². The molecule has 0 bridgehead atoms. The number of hydrogen-bond acceptors (Lipinski definition) is 4. The van der Waals surface area contributed by atoms with Crippen molar-refractivity contribution in [1.82, 2.24) is 9.97 Å². The molecule has 2 N–H and O–H groups in total. The minimum atomic E-state index is 0.358. The highest BCUT2D eigenvalue weighted by atomic mass is 32.2. The molecule has 3 nitrogen and oxygen atoms in total. The number of nitrogens with two attached hydrogens (primary N) is 1. The van der Waals surface area contributed by atoms with Crippen LogP contribution in [0.2, 0.25) is 0 Å². The zero-order valence-corrected chi connectivity index (χ0v) is 9.06. The molecule has 0 fully saturated rings. The van der Waals surface area contributed by atoms with Crippen LogP contribution in [-0.2, 0) is 0 Å². The quantitative estimate of drug-likeness (QED) is 0.596. The molecule has 1 aromatic rings. The number of nitrogen functional groups attached to an aromatic ring is 1. The summed E-state index contributed by atoms with van der Waals surface area (Å²) in [6.07, 6.45) is 2.90. The summed E-state index contributed by atoms with van der Waals surface area (Å²) in [5.74, 6) is 0.358. The van der Waals surface area contributed by atoms with Gasteiger partial charge >= 0.3 is 0 Å². The zero-order valence-electron chi connectivity index (χ0n) is 8.24. The third-order valence-electron chi connectivity index (χ3n) is 1.83. The topological polar surface area (TPSA) is 51.8 Å². The van der Waals surface area contributed by atoms with Crippen LogP contribution in [0.4, 0.5) is 5.95 Å². The maximum atomic E-state index is 5.51. The highest BCUT2D eigenvalue weighted by molar-refractivity contribution is 7.99. The number of thioether (sulfide) groups is 1. The molecular weight excluding hydrogens is 182 g/mol. The van der Waals surface area contributed by atoms with Crippen LogP contribution in [0.15, 0.2) is 11.2 Å². The monoisotopic (exact) mass is 197 g/mol. The highest BCUT2D eigenvalue weighted by Gasteiger charge is 2.06. The van der Waals surface area contributed by atoms with Crippen molar-refractivity contribution >= 4 is 17.7 Å². The Balaban J connectivity index is 2.81. The van der Waals surface area contributed by atoms with E-state index >= 15 is 0 Å². The number of aryl methyl sites for hydroxylation is 1. The average Bonchev–Trinajstić information content (AvgIpc) is 2.11. The smallest absolute Gasteiger partial charge is 0.221 e. The number of aromatic nitrogens is 2. The fourth-order valence-corrected chi connectivity index (χ4v) is 1.77. The summed E-state index contributed by atoms with van der Waals surface area (Å²) in [4.78, 5) is 8.12. The molecule has 72 valence electrons. The Hall–Kier alpha value is -0.770. The van der Waals surface area contributed by atoms with Gasteiger partial charge in [-0.05, 0) is 18.9 Å². The third-order valence-corrected chi connectivity index (χ3v) is 3.20. The maximum absolute atomic E-state index is 5.51. The van der Waals surface area contributed by atoms with Gasteiger partial charge in [-0.15, -0.1) is 11.8 Å². The van der Waals surface area contributed by atoms with Crippen molar-refractivity contribution in [1.29, 1.82) is 0 Å². The van der Waals surface area contributed by atoms with E-state index in [2.05, 4.69) is 23.8 Å². The van der Waals surface area contributed by atoms with E-state index in [0.717, 1.165) is 17.0 Å².